The Balaban J connectivity index is 1.54. The van der Waals surface area contributed by atoms with E-state index in [-0.39, 0.29) is 30.0 Å². The maximum absolute atomic E-state index is 13.6. The third kappa shape index (κ3) is 5.12. The molecule has 1 fully saturated rings. The summed E-state index contributed by atoms with van der Waals surface area (Å²) in [5.41, 5.74) is 1.55. The minimum atomic E-state index is -0.474. The fraction of sp³-hybridized carbons (Fsp3) is 0.300. The number of ether oxygens (including phenoxy) is 1. The molecule has 0 radical (unpaired) electrons. The van der Waals surface area contributed by atoms with Crippen LogP contribution in [-0.2, 0) is 20.7 Å². The van der Waals surface area contributed by atoms with Gasteiger partial charge in [-0.3, -0.25) is 9.59 Å². The second-order valence-corrected chi connectivity index (χ2v) is 6.40. The summed E-state index contributed by atoms with van der Waals surface area (Å²) < 4.78 is 19.1. The van der Waals surface area contributed by atoms with Crippen molar-refractivity contribution in [2.75, 3.05) is 23.8 Å². The van der Waals surface area contributed by atoms with Crippen LogP contribution in [0.5, 0.6) is 0 Å². The number of morpholine rings is 1. The van der Waals surface area contributed by atoms with Gasteiger partial charge in [-0.25, -0.2) is 4.39 Å². The average Bonchev–Trinajstić information content (AvgIpc) is 2.65. The fourth-order valence-electron chi connectivity index (χ4n) is 2.90. The lowest BCUT2D eigenvalue weighted by Gasteiger charge is -2.29. The summed E-state index contributed by atoms with van der Waals surface area (Å²) in [7, 11) is 0. The molecule has 7 heteroatoms. The highest BCUT2D eigenvalue weighted by Gasteiger charge is 2.28. The summed E-state index contributed by atoms with van der Waals surface area (Å²) >= 11 is 0. The van der Waals surface area contributed by atoms with Crippen molar-refractivity contribution in [2.45, 2.75) is 25.5 Å². The summed E-state index contributed by atoms with van der Waals surface area (Å²) in [4.78, 5) is 24.4. The molecule has 0 bridgehead atoms. The van der Waals surface area contributed by atoms with E-state index in [4.69, 9.17) is 4.74 Å². The summed E-state index contributed by atoms with van der Waals surface area (Å²) in [6.07, 6.45) is -0.0856. The van der Waals surface area contributed by atoms with Crippen molar-refractivity contribution in [3.8, 4) is 0 Å². The number of nitrogens with one attached hydrogen (secondary N) is 3. The summed E-state index contributed by atoms with van der Waals surface area (Å²) in [5, 5.41) is 8.52. The first kappa shape index (κ1) is 19.0. The van der Waals surface area contributed by atoms with Crippen molar-refractivity contribution in [1.82, 2.24) is 5.32 Å². The predicted octanol–water partition coefficient (Wildman–Crippen LogP) is 2.32. The summed E-state index contributed by atoms with van der Waals surface area (Å²) in [5.74, 6) is -0.944. The maximum Gasteiger partial charge on any atom is 0.244 e. The Morgan fingerprint density at radius 1 is 1.15 bits per heavy atom. The van der Waals surface area contributed by atoms with Crippen LogP contribution in [-0.4, -0.2) is 37.1 Å². The van der Waals surface area contributed by atoms with Gasteiger partial charge in [-0.15, -0.1) is 0 Å². The molecule has 2 atom stereocenters. The zero-order valence-electron chi connectivity index (χ0n) is 15.0. The molecule has 3 N–H and O–H groups in total. The van der Waals surface area contributed by atoms with Gasteiger partial charge in [0, 0.05) is 12.2 Å². The largest absolute Gasteiger partial charge is 0.375 e. The van der Waals surface area contributed by atoms with E-state index in [0.717, 1.165) is 5.56 Å². The van der Waals surface area contributed by atoms with Gasteiger partial charge < -0.3 is 20.7 Å². The molecule has 1 saturated heterocycles. The van der Waals surface area contributed by atoms with Crippen LogP contribution in [0.4, 0.5) is 15.8 Å². The van der Waals surface area contributed by atoms with Gasteiger partial charge in [-0.2, -0.15) is 0 Å². The van der Waals surface area contributed by atoms with E-state index in [1.807, 2.05) is 6.92 Å². The van der Waals surface area contributed by atoms with Crippen LogP contribution in [0.15, 0.2) is 48.5 Å². The fourth-order valence-corrected chi connectivity index (χ4v) is 2.90. The van der Waals surface area contributed by atoms with E-state index >= 15 is 0 Å². The van der Waals surface area contributed by atoms with Crippen LogP contribution >= 0.6 is 0 Å². The zero-order chi connectivity index (χ0) is 19.2. The van der Waals surface area contributed by atoms with Gasteiger partial charge in [0.25, 0.3) is 0 Å². The number of carbonyl (C=O) groups excluding carboxylic acids is 2. The van der Waals surface area contributed by atoms with E-state index in [0.29, 0.717) is 18.8 Å². The molecule has 1 aliphatic rings. The summed E-state index contributed by atoms with van der Waals surface area (Å²) in [6.45, 7) is 3.08. The molecule has 0 aliphatic carbocycles. The lowest BCUT2D eigenvalue weighted by atomic mass is 10.1. The molecule has 2 aromatic carbocycles. The molecule has 1 heterocycles. The molecule has 2 aromatic rings. The van der Waals surface area contributed by atoms with E-state index in [1.54, 1.807) is 36.4 Å². The van der Waals surface area contributed by atoms with Gasteiger partial charge in [0.05, 0.1) is 24.8 Å². The quantitative estimate of drug-likeness (QED) is 0.754. The number of para-hydroxylation sites is 1. The van der Waals surface area contributed by atoms with Crippen LogP contribution in [0.25, 0.3) is 0 Å². The molecule has 27 heavy (non-hydrogen) atoms. The summed E-state index contributed by atoms with van der Waals surface area (Å²) in [6, 6.07) is 12.6. The van der Waals surface area contributed by atoms with Crippen molar-refractivity contribution in [3.63, 3.8) is 0 Å². The highest BCUT2D eigenvalue weighted by Crippen LogP contribution is 2.15. The number of anilines is 2. The van der Waals surface area contributed by atoms with E-state index in [2.05, 4.69) is 16.0 Å². The van der Waals surface area contributed by atoms with Gasteiger partial charge in [-0.05, 0) is 36.8 Å². The molecule has 0 saturated carbocycles. The van der Waals surface area contributed by atoms with Gasteiger partial charge in [0.2, 0.25) is 11.8 Å². The maximum atomic E-state index is 13.6. The number of benzene rings is 2. The first-order valence-corrected chi connectivity index (χ1v) is 8.82. The van der Waals surface area contributed by atoms with Crippen LogP contribution in [0.2, 0.25) is 0 Å². The molecule has 2 amide bonds. The van der Waals surface area contributed by atoms with E-state index in [9.17, 15) is 14.0 Å². The van der Waals surface area contributed by atoms with Crippen molar-refractivity contribution in [3.05, 3.63) is 59.9 Å². The first-order valence-electron chi connectivity index (χ1n) is 8.82. The number of amides is 2. The molecule has 6 nitrogen and oxygen atoms in total. The van der Waals surface area contributed by atoms with Crippen molar-refractivity contribution >= 4 is 23.2 Å². The standard InChI is InChI=1S/C20H22FN3O3/c1-13-19(22-10-11-27-13)20(26)23-15-8-6-14(7-9-15)12-18(25)24-17-5-3-2-4-16(17)21/h2-9,13,19,22H,10-12H2,1H3,(H,23,26)(H,24,25)/t13-,19+/m1/s1. The van der Waals surface area contributed by atoms with E-state index in [1.165, 1.54) is 12.1 Å². The van der Waals surface area contributed by atoms with Gasteiger partial charge in [0.15, 0.2) is 0 Å². The third-order valence-electron chi connectivity index (χ3n) is 4.33. The molecule has 0 unspecified atom stereocenters. The number of hydrogen-bond acceptors (Lipinski definition) is 4. The van der Waals surface area contributed by atoms with E-state index < -0.39 is 11.9 Å². The minimum Gasteiger partial charge on any atom is -0.375 e. The Morgan fingerprint density at radius 2 is 1.89 bits per heavy atom. The van der Waals surface area contributed by atoms with Crippen molar-refractivity contribution in [2.24, 2.45) is 0 Å². The number of halogens is 1. The molecular formula is C20H22FN3O3. The molecule has 0 aromatic heterocycles. The minimum absolute atomic E-state index is 0.109. The van der Waals surface area contributed by atoms with Crippen molar-refractivity contribution in [1.29, 1.82) is 0 Å². The smallest absolute Gasteiger partial charge is 0.244 e. The topological polar surface area (TPSA) is 79.5 Å². The molecule has 1 aliphatic heterocycles. The zero-order valence-corrected chi connectivity index (χ0v) is 15.0. The van der Waals surface area contributed by atoms with Crippen LogP contribution < -0.4 is 16.0 Å². The highest BCUT2D eigenvalue weighted by molar-refractivity contribution is 5.95. The van der Waals surface area contributed by atoms with Gasteiger partial charge in [0.1, 0.15) is 11.9 Å². The number of carbonyl (C=O) groups is 2. The van der Waals surface area contributed by atoms with Gasteiger partial charge in [-0.1, -0.05) is 24.3 Å². The average molecular weight is 371 g/mol. The first-order chi connectivity index (χ1) is 13.0. The number of rotatable bonds is 5. The normalized spacial score (nSPS) is 19.3. The SMILES string of the molecule is C[C@H]1OCCN[C@@H]1C(=O)Nc1ccc(CC(=O)Nc2ccccc2F)cc1. The van der Waals surface area contributed by atoms with Crippen LogP contribution in [0.1, 0.15) is 12.5 Å². The molecular weight excluding hydrogens is 349 g/mol. The Kier molecular flexibility index (Phi) is 6.16. The number of hydrogen-bond donors (Lipinski definition) is 3. The Bertz CT molecular complexity index is 810. The van der Waals surface area contributed by atoms with Crippen molar-refractivity contribution < 1.29 is 18.7 Å². The van der Waals surface area contributed by atoms with Crippen LogP contribution in [0, 0.1) is 5.82 Å². The predicted molar refractivity (Wildman–Crippen MR) is 101 cm³/mol. The Hall–Kier alpha value is -2.77. The molecule has 142 valence electrons. The highest BCUT2D eigenvalue weighted by atomic mass is 19.1. The Labute approximate surface area is 157 Å². The lowest BCUT2D eigenvalue weighted by molar-refractivity contribution is -0.123. The second kappa shape index (κ2) is 8.75. The Morgan fingerprint density at radius 3 is 2.59 bits per heavy atom. The lowest BCUT2D eigenvalue weighted by Crippen LogP contribution is -2.53. The second-order valence-electron chi connectivity index (χ2n) is 6.40. The monoisotopic (exact) mass is 371 g/mol. The van der Waals surface area contributed by atoms with Crippen LogP contribution in [0.3, 0.4) is 0 Å². The molecule has 3 rings (SSSR count). The molecule has 0 spiro atoms. The van der Waals surface area contributed by atoms with Gasteiger partial charge >= 0.3 is 0 Å². The third-order valence-corrected chi connectivity index (χ3v) is 4.33.